The van der Waals surface area contributed by atoms with Crippen molar-refractivity contribution in [1.29, 1.82) is 0 Å². The molecular formula is C33H40N2O11. The van der Waals surface area contributed by atoms with E-state index >= 15 is 0 Å². The molecule has 5 rings (SSSR count). The van der Waals surface area contributed by atoms with Crippen LogP contribution in [0.2, 0.25) is 0 Å². The summed E-state index contributed by atoms with van der Waals surface area (Å²) in [7, 11) is 1.33. The van der Waals surface area contributed by atoms with Gasteiger partial charge in [0.2, 0.25) is 11.7 Å². The Balaban J connectivity index is 1.55. The molecule has 13 heteroatoms. The van der Waals surface area contributed by atoms with Gasteiger partial charge in [0.25, 0.3) is 0 Å². The number of aliphatic hydroxyl groups excluding tert-OH is 1. The Bertz CT molecular complexity index is 1600. The fourth-order valence-electron chi connectivity index (χ4n) is 6.67. The number of nitrogens with one attached hydrogen (secondary N) is 1. The van der Waals surface area contributed by atoms with Gasteiger partial charge in [-0.05, 0) is 32.3 Å². The number of carbonyl (C=O) groups is 4. The summed E-state index contributed by atoms with van der Waals surface area (Å²) in [4.78, 5) is 53.0. The molecule has 2 aromatic carbocycles. The first-order chi connectivity index (χ1) is 21.6. The fourth-order valence-corrected chi connectivity index (χ4v) is 6.67. The van der Waals surface area contributed by atoms with Crippen molar-refractivity contribution in [3.63, 3.8) is 0 Å². The van der Waals surface area contributed by atoms with Crippen LogP contribution in [0.4, 0.5) is 0 Å². The third-order valence-electron chi connectivity index (χ3n) is 9.14. The maximum atomic E-state index is 13.8. The van der Waals surface area contributed by atoms with Crippen molar-refractivity contribution < 1.29 is 53.8 Å². The Labute approximate surface area is 265 Å². The zero-order chi connectivity index (χ0) is 33.8. The van der Waals surface area contributed by atoms with E-state index in [-0.39, 0.29) is 40.3 Å². The highest BCUT2D eigenvalue weighted by Gasteiger charge is 2.49. The molecule has 7 atom stereocenters. The maximum absolute atomic E-state index is 13.8. The quantitative estimate of drug-likeness (QED) is 0.194. The molecule has 0 spiro atoms. The van der Waals surface area contributed by atoms with E-state index < -0.39 is 101 Å². The highest BCUT2D eigenvalue weighted by molar-refractivity contribution is 6.31. The van der Waals surface area contributed by atoms with Crippen molar-refractivity contribution in [2.45, 2.75) is 95.7 Å². The molecule has 1 amide bonds. The molecule has 5 unspecified atom stereocenters. The van der Waals surface area contributed by atoms with Crippen LogP contribution >= 0.6 is 0 Å². The summed E-state index contributed by atoms with van der Waals surface area (Å²) in [5, 5.41) is 48.1. The second kappa shape index (κ2) is 12.4. The minimum absolute atomic E-state index is 0.0405. The first-order valence-corrected chi connectivity index (χ1v) is 15.2. The molecule has 2 aromatic rings. The lowest BCUT2D eigenvalue weighted by Gasteiger charge is -2.43. The van der Waals surface area contributed by atoms with Gasteiger partial charge in [0.05, 0.1) is 48.1 Å². The monoisotopic (exact) mass is 640 g/mol. The van der Waals surface area contributed by atoms with Crippen LogP contribution in [-0.2, 0) is 25.5 Å². The number of methoxy groups -OCH3 is 1. The zero-order valence-electron chi connectivity index (χ0n) is 26.3. The molecule has 13 nitrogen and oxygen atoms in total. The number of ketones is 3. The van der Waals surface area contributed by atoms with E-state index in [4.69, 9.17) is 19.9 Å². The van der Waals surface area contributed by atoms with Crippen molar-refractivity contribution >= 4 is 23.3 Å². The Kier molecular flexibility index (Phi) is 9.01. The van der Waals surface area contributed by atoms with Crippen molar-refractivity contribution in [2.75, 3.05) is 7.11 Å². The van der Waals surface area contributed by atoms with E-state index in [0.717, 1.165) is 6.92 Å². The number of hydrogen-bond acceptors (Lipinski definition) is 12. The number of nitrogens with two attached hydrogens (primary N) is 1. The average Bonchev–Trinajstić information content (AvgIpc) is 2.99. The number of phenols is 2. The number of amides is 1. The van der Waals surface area contributed by atoms with Gasteiger partial charge < -0.3 is 45.7 Å². The normalized spacial score (nSPS) is 27.8. The summed E-state index contributed by atoms with van der Waals surface area (Å²) in [6.45, 7) is 6.59. The maximum Gasteiger partial charge on any atom is 0.237 e. The van der Waals surface area contributed by atoms with Gasteiger partial charge >= 0.3 is 0 Å². The fraction of sp³-hybridized carbons (Fsp3) is 0.515. The molecule has 3 aliphatic rings. The molecule has 1 saturated heterocycles. The van der Waals surface area contributed by atoms with Crippen molar-refractivity contribution in [2.24, 2.45) is 11.7 Å². The zero-order valence-corrected chi connectivity index (χ0v) is 26.3. The van der Waals surface area contributed by atoms with Gasteiger partial charge in [-0.25, -0.2) is 0 Å². The van der Waals surface area contributed by atoms with E-state index in [2.05, 4.69) is 5.32 Å². The van der Waals surface area contributed by atoms with Crippen LogP contribution in [0.1, 0.15) is 96.0 Å². The minimum Gasteiger partial charge on any atom is -0.507 e. The molecule has 1 fully saturated rings. The minimum atomic E-state index is -2.07. The summed E-state index contributed by atoms with van der Waals surface area (Å²) in [5.41, 5.74) is 2.69. The van der Waals surface area contributed by atoms with Gasteiger partial charge in [0.1, 0.15) is 29.0 Å². The van der Waals surface area contributed by atoms with E-state index in [1.807, 2.05) is 13.8 Å². The number of aliphatic hydroxyl groups is 2. The van der Waals surface area contributed by atoms with Crippen LogP contribution in [0.15, 0.2) is 18.2 Å². The van der Waals surface area contributed by atoms with E-state index in [9.17, 15) is 39.6 Å². The molecule has 0 bridgehead atoms. The molecule has 248 valence electrons. The number of hydrogen-bond donors (Lipinski definition) is 6. The Morgan fingerprint density at radius 3 is 2.43 bits per heavy atom. The van der Waals surface area contributed by atoms with Crippen molar-refractivity contribution in [3.8, 4) is 17.2 Å². The Morgan fingerprint density at radius 2 is 1.80 bits per heavy atom. The molecule has 46 heavy (non-hydrogen) atoms. The predicted octanol–water partition coefficient (Wildman–Crippen LogP) is 1.56. The number of fused-ring (bicyclic) bond motifs is 3. The van der Waals surface area contributed by atoms with E-state index in [1.54, 1.807) is 6.92 Å². The number of aromatic hydroxyl groups is 2. The molecule has 0 saturated carbocycles. The van der Waals surface area contributed by atoms with Gasteiger partial charge in [0, 0.05) is 36.0 Å². The Hall–Kier alpha value is -3.88. The van der Waals surface area contributed by atoms with E-state index in [0.29, 0.717) is 6.42 Å². The predicted molar refractivity (Wildman–Crippen MR) is 162 cm³/mol. The van der Waals surface area contributed by atoms with Crippen LogP contribution in [0.25, 0.3) is 0 Å². The van der Waals surface area contributed by atoms with Crippen molar-refractivity contribution in [1.82, 2.24) is 5.32 Å². The number of phenolic OH excluding ortho intramolecular Hbond substituents is 2. The first kappa shape index (κ1) is 33.5. The van der Waals surface area contributed by atoms with Crippen LogP contribution in [0, 0.1) is 5.92 Å². The number of carbonyl (C=O) groups excluding carboxylic acids is 4. The summed E-state index contributed by atoms with van der Waals surface area (Å²) in [6.07, 6.45) is -4.95. The topological polar surface area (TPSA) is 215 Å². The SMILES string of the molecule is COc1cccc2c1C(=O)c1c(O)c3c(c(O)c1C2=O)C[C@@](O)(C(C)=O)C[C@@H]3OC1CC(NC(=O)C(N)CC(C)C)C(O)C(C)O1. The van der Waals surface area contributed by atoms with Crippen molar-refractivity contribution in [3.05, 3.63) is 51.6 Å². The standard InChI is InChI=1S/C33H40N2O11/c1-13(2)9-18(34)32(42)35-19-10-22(45-14(3)27(19)37)46-21-12-33(43,15(4)36)11-17-24(21)31(41)26-25(29(17)39)28(38)16-7-6-8-20(44-5)23(16)30(26)40/h6-8,13-14,18-19,21-22,27,37,39,41,43H,9-12,34H2,1-5H3,(H,35,42)/t14?,18?,19?,21-,22?,27?,33-/m0/s1. The largest absolute Gasteiger partial charge is 0.507 e. The number of benzene rings is 2. The van der Waals surface area contributed by atoms with Crippen LogP contribution < -0.4 is 15.8 Å². The van der Waals surface area contributed by atoms with Gasteiger partial charge in [-0.15, -0.1) is 0 Å². The highest BCUT2D eigenvalue weighted by Crippen LogP contribution is 2.52. The average molecular weight is 641 g/mol. The summed E-state index contributed by atoms with van der Waals surface area (Å²) < 4.78 is 17.4. The second-order valence-electron chi connectivity index (χ2n) is 12.8. The number of Topliss-reactive ketones (excluding diaryl/α,β-unsaturated/α-hetero) is 1. The van der Waals surface area contributed by atoms with E-state index in [1.165, 1.54) is 25.3 Å². The smallest absolute Gasteiger partial charge is 0.237 e. The molecule has 2 aliphatic carbocycles. The first-order valence-electron chi connectivity index (χ1n) is 15.2. The van der Waals surface area contributed by atoms with Crippen LogP contribution in [0.5, 0.6) is 17.2 Å². The molecule has 0 aromatic heterocycles. The third-order valence-corrected chi connectivity index (χ3v) is 9.14. The van der Waals surface area contributed by atoms with Crippen LogP contribution in [0.3, 0.4) is 0 Å². The van der Waals surface area contributed by atoms with Gasteiger partial charge in [0.15, 0.2) is 17.9 Å². The van der Waals surface area contributed by atoms with Gasteiger partial charge in [-0.1, -0.05) is 26.0 Å². The molecule has 1 aliphatic heterocycles. The molecule has 7 N–H and O–H groups in total. The molecule has 1 heterocycles. The second-order valence-corrected chi connectivity index (χ2v) is 12.8. The number of ether oxygens (including phenoxy) is 3. The highest BCUT2D eigenvalue weighted by atomic mass is 16.7. The lowest BCUT2D eigenvalue weighted by atomic mass is 9.72. The Morgan fingerprint density at radius 1 is 1.13 bits per heavy atom. The summed E-state index contributed by atoms with van der Waals surface area (Å²) >= 11 is 0. The van der Waals surface area contributed by atoms with Gasteiger partial charge in [-0.2, -0.15) is 0 Å². The third kappa shape index (κ3) is 5.66. The summed E-state index contributed by atoms with van der Waals surface area (Å²) in [5.74, 6) is -3.70. The molecular weight excluding hydrogens is 600 g/mol. The number of rotatable bonds is 8. The lowest BCUT2D eigenvalue weighted by Crippen LogP contribution is -2.58. The molecule has 0 radical (unpaired) electrons. The lowest BCUT2D eigenvalue weighted by molar-refractivity contribution is -0.249. The summed E-state index contributed by atoms with van der Waals surface area (Å²) in [6, 6.07) is 2.75. The van der Waals surface area contributed by atoms with Gasteiger partial charge in [-0.3, -0.25) is 19.2 Å². The van der Waals surface area contributed by atoms with Crippen LogP contribution in [-0.4, -0.2) is 87.0 Å².